The predicted octanol–water partition coefficient (Wildman–Crippen LogP) is 0.969. The molecule has 0 saturated carbocycles. The summed E-state index contributed by atoms with van der Waals surface area (Å²) in [5, 5.41) is 3.36. The van der Waals surface area contributed by atoms with Gasteiger partial charge in [0, 0.05) is 46.4 Å². The Labute approximate surface area is 100 Å². The first-order valence-corrected chi connectivity index (χ1v) is 6.18. The number of rotatable bonds is 11. The summed E-state index contributed by atoms with van der Waals surface area (Å²) in [5.41, 5.74) is 0. The lowest BCUT2D eigenvalue weighted by atomic mass is 10.2. The molecule has 0 aromatic heterocycles. The molecule has 0 rings (SSSR count). The topological polar surface area (TPSA) is 33.7 Å². The standard InChI is InChI=1S/C12H28N2O2/c1-5-12(2)14(9-11-16-4)8-6-13-7-10-15-3/h12-13H,5-11H2,1-4H3. The van der Waals surface area contributed by atoms with Crippen LogP contribution in [-0.4, -0.2) is 64.6 Å². The molecule has 0 amide bonds. The molecule has 0 fully saturated rings. The molecule has 1 N–H and O–H groups in total. The molecule has 0 aliphatic rings. The van der Waals surface area contributed by atoms with Gasteiger partial charge in [-0.25, -0.2) is 0 Å². The van der Waals surface area contributed by atoms with Crippen molar-refractivity contribution in [3.63, 3.8) is 0 Å². The first kappa shape index (κ1) is 15.8. The van der Waals surface area contributed by atoms with Gasteiger partial charge in [0.2, 0.25) is 0 Å². The maximum absolute atomic E-state index is 5.13. The van der Waals surface area contributed by atoms with E-state index in [1.165, 1.54) is 6.42 Å². The number of hydrogen-bond donors (Lipinski definition) is 1. The van der Waals surface area contributed by atoms with Crippen molar-refractivity contribution < 1.29 is 9.47 Å². The molecule has 16 heavy (non-hydrogen) atoms. The Hall–Kier alpha value is -0.160. The van der Waals surface area contributed by atoms with Gasteiger partial charge < -0.3 is 14.8 Å². The largest absolute Gasteiger partial charge is 0.383 e. The van der Waals surface area contributed by atoms with Gasteiger partial charge in [0.05, 0.1) is 13.2 Å². The molecule has 1 atom stereocenters. The first-order valence-electron chi connectivity index (χ1n) is 6.18. The molecule has 0 aliphatic carbocycles. The summed E-state index contributed by atoms with van der Waals surface area (Å²) in [6.45, 7) is 10.1. The van der Waals surface area contributed by atoms with Crippen molar-refractivity contribution >= 4 is 0 Å². The van der Waals surface area contributed by atoms with Crippen LogP contribution in [0.15, 0.2) is 0 Å². The van der Waals surface area contributed by atoms with Crippen molar-refractivity contribution in [3.8, 4) is 0 Å². The number of nitrogens with one attached hydrogen (secondary N) is 1. The fraction of sp³-hybridized carbons (Fsp3) is 1.00. The van der Waals surface area contributed by atoms with Gasteiger partial charge in [-0.1, -0.05) is 6.92 Å². The van der Waals surface area contributed by atoms with Gasteiger partial charge in [-0.05, 0) is 13.3 Å². The van der Waals surface area contributed by atoms with Crippen LogP contribution >= 0.6 is 0 Å². The maximum Gasteiger partial charge on any atom is 0.0589 e. The molecule has 98 valence electrons. The zero-order valence-electron chi connectivity index (χ0n) is 11.3. The Morgan fingerprint density at radius 1 is 1.06 bits per heavy atom. The predicted molar refractivity (Wildman–Crippen MR) is 67.9 cm³/mol. The van der Waals surface area contributed by atoms with E-state index in [1.54, 1.807) is 14.2 Å². The molecule has 4 nitrogen and oxygen atoms in total. The minimum Gasteiger partial charge on any atom is -0.383 e. The van der Waals surface area contributed by atoms with Crippen molar-refractivity contribution in [2.75, 3.05) is 53.6 Å². The van der Waals surface area contributed by atoms with Gasteiger partial charge in [-0.3, -0.25) is 4.90 Å². The van der Waals surface area contributed by atoms with Gasteiger partial charge in [-0.15, -0.1) is 0 Å². The van der Waals surface area contributed by atoms with Gasteiger partial charge >= 0.3 is 0 Å². The summed E-state index contributed by atoms with van der Waals surface area (Å²) >= 11 is 0. The monoisotopic (exact) mass is 232 g/mol. The van der Waals surface area contributed by atoms with E-state index in [9.17, 15) is 0 Å². The van der Waals surface area contributed by atoms with Crippen LogP contribution in [0.2, 0.25) is 0 Å². The van der Waals surface area contributed by atoms with Crippen molar-refractivity contribution in [3.05, 3.63) is 0 Å². The van der Waals surface area contributed by atoms with E-state index in [0.717, 1.165) is 39.4 Å². The number of hydrogen-bond acceptors (Lipinski definition) is 4. The highest BCUT2D eigenvalue weighted by Crippen LogP contribution is 2.01. The maximum atomic E-state index is 5.13. The smallest absolute Gasteiger partial charge is 0.0589 e. The summed E-state index contributed by atoms with van der Waals surface area (Å²) in [4.78, 5) is 2.46. The highest BCUT2D eigenvalue weighted by molar-refractivity contribution is 4.66. The van der Waals surface area contributed by atoms with Gasteiger partial charge in [-0.2, -0.15) is 0 Å². The quantitative estimate of drug-likeness (QED) is 0.538. The Bertz CT molecular complexity index is 145. The summed E-state index contributed by atoms with van der Waals surface area (Å²) in [6.07, 6.45) is 1.18. The van der Waals surface area contributed by atoms with Crippen LogP contribution in [0.4, 0.5) is 0 Å². The third-order valence-electron chi connectivity index (χ3n) is 2.86. The van der Waals surface area contributed by atoms with Crippen molar-refractivity contribution in [2.24, 2.45) is 0 Å². The molecular formula is C12H28N2O2. The minimum atomic E-state index is 0.624. The lowest BCUT2D eigenvalue weighted by Gasteiger charge is -2.28. The fourth-order valence-corrected chi connectivity index (χ4v) is 1.54. The third-order valence-corrected chi connectivity index (χ3v) is 2.86. The lowest BCUT2D eigenvalue weighted by molar-refractivity contribution is 0.122. The normalized spacial score (nSPS) is 13.3. The molecule has 0 radical (unpaired) electrons. The Morgan fingerprint density at radius 2 is 1.75 bits per heavy atom. The molecule has 0 bridgehead atoms. The van der Waals surface area contributed by atoms with E-state index in [4.69, 9.17) is 9.47 Å². The Balaban J connectivity index is 3.65. The van der Waals surface area contributed by atoms with Crippen LogP contribution in [0.5, 0.6) is 0 Å². The summed E-state index contributed by atoms with van der Waals surface area (Å²) in [5.74, 6) is 0. The van der Waals surface area contributed by atoms with Crippen LogP contribution in [0, 0.1) is 0 Å². The molecular weight excluding hydrogens is 204 g/mol. The van der Waals surface area contributed by atoms with Crippen molar-refractivity contribution in [2.45, 2.75) is 26.3 Å². The zero-order valence-corrected chi connectivity index (χ0v) is 11.3. The number of ether oxygens (including phenoxy) is 2. The van der Waals surface area contributed by atoms with Crippen molar-refractivity contribution in [1.82, 2.24) is 10.2 Å². The minimum absolute atomic E-state index is 0.624. The van der Waals surface area contributed by atoms with Gasteiger partial charge in [0.25, 0.3) is 0 Å². The van der Waals surface area contributed by atoms with E-state index in [0.29, 0.717) is 6.04 Å². The van der Waals surface area contributed by atoms with Gasteiger partial charge in [0.1, 0.15) is 0 Å². The molecule has 0 heterocycles. The summed E-state index contributed by atoms with van der Waals surface area (Å²) < 4.78 is 10.1. The van der Waals surface area contributed by atoms with E-state index in [2.05, 4.69) is 24.1 Å². The van der Waals surface area contributed by atoms with Crippen LogP contribution in [-0.2, 0) is 9.47 Å². The van der Waals surface area contributed by atoms with E-state index in [1.807, 2.05) is 0 Å². The number of methoxy groups -OCH3 is 2. The first-order chi connectivity index (χ1) is 7.76. The Kier molecular flexibility index (Phi) is 11.2. The van der Waals surface area contributed by atoms with Crippen LogP contribution in [0.1, 0.15) is 20.3 Å². The van der Waals surface area contributed by atoms with E-state index < -0.39 is 0 Å². The third kappa shape index (κ3) is 8.05. The van der Waals surface area contributed by atoms with Crippen molar-refractivity contribution in [1.29, 1.82) is 0 Å². The SMILES string of the molecule is CCC(C)N(CCNCCOC)CCOC. The Morgan fingerprint density at radius 3 is 2.31 bits per heavy atom. The second-order valence-electron chi connectivity index (χ2n) is 4.03. The molecule has 0 aliphatic heterocycles. The highest BCUT2D eigenvalue weighted by atomic mass is 16.5. The summed E-state index contributed by atoms with van der Waals surface area (Å²) in [6, 6.07) is 0.624. The fourth-order valence-electron chi connectivity index (χ4n) is 1.54. The van der Waals surface area contributed by atoms with E-state index >= 15 is 0 Å². The van der Waals surface area contributed by atoms with Crippen LogP contribution < -0.4 is 5.32 Å². The van der Waals surface area contributed by atoms with Crippen LogP contribution in [0.25, 0.3) is 0 Å². The second-order valence-corrected chi connectivity index (χ2v) is 4.03. The second kappa shape index (κ2) is 11.3. The molecule has 0 saturated heterocycles. The van der Waals surface area contributed by atoms with Crippen LogP contribution in [0.3, 0.4) is 0 Å². The zero-order chi connectivity index (χ0) is 12.2. The average Bonchev–Trinajstić information content (AvgIpc) is 2.31. The molecule has 0 aromatic carbocycles. The molecule has 4 heteroatoms. The molecule has 0 aromatic rings. The molecule has 1 unspecified atom stereocenters. The lowest BCUT2D eigenvalue weighted by Crippen LogP contribution is -2.40. The van der Waals surface area contributed by atoms with E-state index in [-0.39, 0.29) is 0 Å². The average molecular weight is 232 g/mol. The van der Waals surface area contributed by atoms with Gasteiger partial charge in [0.15, 0.2) is 0 Å². The number of nitrogens with zero attached hydrogens (tertiary/aromatic N) is 1. The molecule has 0 spiro atoms. The summed E-state index contributed by atoms with van der Waals surface area (Å²) in [7, 11) is 3.48. The highest BCUT2D eigenvalue weighted by Gasteiger charge is 2.10.